The van der Waals surface area contributed by atoms with Crippen molar-refractivity contribution < 1.29 is 9.58 Å². The Bertz CT molecular complexity index is 327. The molecule has 7 heteroatoms. The number of amides is 1. The van der Waals surface area contributed by atoms with Crippen LogP contribution in [0.5, 0.6) is 0 Å². The van der Waals surface area contributed by atoms with Crippen molar-refractivity contribution in [2.24, 2.45) is 5.73 Å². The molecule has 1 aromatic heterocycles. The summed E-state index contributed by atoms with van der Waals surface area (Å²) in [5, 5.41) is 7.86. The number of nitrogens with zero attached hydrogens (tertiary/aromatic N) is 3. The van der Waals surface area contributed by atoms with Crippen LogP contribution in [-0.4, -0.2) is 26.1 Å². The van der Waals surface area contributed by atoms with Gasteiger partial charge in [0.25, 0.3) is 11.6 Å². The lowest BCUT2D eigenvalue weighted by molar-refractivity contribution is -0.0727. The van der Waals surface area contributed by atoms with Crippen molar-refractivity contribution in [2.45, 2.75) is 0 Å². The van der Waals surface area contributed by atoms with E-state index in [2.05, 4.69) is 20.2 Å². The molecule has 0 aliphatic rings. The van der Waals surface area contributed by atoms with E-state index in [1.165, 1.54) is 0 Å². The fourth-order valence-corrected chi connectivity index (χ4v) is 0.493. The van der Waals surface area contributed by atoms with Crippen LogP contribution in [0.2, 0.25) is 0 Å². The smallest absolute Gasteiger partial charge is 0.411 e. The second-order valence-corrected chi connectivity index (χ2v) is 1.51. The molecule has 1 heterocycles. The van der Waals surface area contributed by atoms with Gasteiger partial charge in [0.15, 0.2) is 0 Å². The van der Waals surface area contributed by atoms with Crippen LogP contribution >= 0.6 is 0 Å². The van der Waals surface area contributed by atoms with E-state index in [1.807, 2.05) is 0 Å². The van der Waals surface area contributed by atoms with Crippen molar-refractivity contribution in [2.75, 3.05) is 0 Å². The highest BCUT2D eigenvalue weighted by Gasteiger charge is 2.11. The molecule has 0 saturated carbocycles. The second-order valence-electron chi connectivity index (χ2n) is 1.51. The zero-order valence-electron chi connectivity index (χ0n) is 4.83. The van der Waals surface area contributed by atoms with Gasteiger partial charge in [-0.25, -0.2) is 0 Å². The molecule has 1 aromatic rings. The predicted octanol–water partition coefficient (Wildman–Crippen LogP) is -2.03. The Morgan fingerprint density at radius 1 is 1.80 bits per heavy atom. The minimum atomic E-state index is -0.759. The average Bonchev–Trinajstić information content (AvgIpc) is 2.33. The third kappa shape index (κ3) is 0.805. The van der Waals surface area contributed by atoms with Gasteiger partial charge >= 0.3 is 5.49 Å². The molecule has 0 aliphatic carbocycles. The maximum atomic E-state index is 10.4. The normalized spacial score (nSPS) is 8.80. The Morgan fingerprint density at radius 3 is 2.90 bits per heavy atom. The number of aromatic amines is 2. The molecule has 1 amide bonds. The number of hydrogen-bond donors (Lipinski definition) is 3. The predicted molar refractivity (Wildman–Crippen MR) is 28.2 cm³/mol. The zero-order chi connectivity index (χ0) is 7.56. The summed E-state index contributed by atoms with van der Waals surface area (Å²) in [6, 6.07) is 0. The topological polar surface area (TPSA) is 124 Å². The van der Waals surface area contributed by atoms with Gasteiger partial charge in [-0.2, -0.15) is 0 Å². The van der Waals surface area contributed by atoms with Gasteiger partial charge < -0.3 is 16.1 Å². The molecule has 0 aliphatic heterocycles. The molecule has 0 radical (unpaired) electrons. The van der Waals surface area contributed by atoms with Gasteiger partial charge in [0, 0.05) is 0 Å². The minimum Gasteiger partial charge on any atom is -0.497 e. The molecule has 10 heavy (non-hydrogen) atoms. The maximum absolute atomic E-state index is 10.4. The Labute approximate surface area is 54.5 Å². The summed E-state index contributed by atoms with van der Waals surface area (Å²) in [6.45, 7) is 0. The van der Waals surface area contributed by atoms with E-state index >= 15 is 0 Å². The van der Waals surface area contributed by atoms with E-state index in [4.69, 9.17) is 11.3 Å². The first kappa shape index (κ1) is 6.24. The number of primary amides is 1. The molecular formula is C3H4N6O. The zero-order valence-corrected chi connectivity index (χ0v) is 4.83. The van der Waals surface area contributed by atoms with Gasteiger partial charge in [0.2, 0.25) is 0 Å². The number of aromatic nitrogens is 3. The quantitative estimate of drug-likeness (QED) is 0.307. The summed E-state index contributed by atoms with van der Waals surface area (Å²) in [4.78, 5) is 13.1. The summed E-state index contributed by atoms with van der Waals surface area (Å²) in [5.74, 6) is -0.759. The van der Waals surface area contributed by atoms with Gasteiger partial charge in [0.05, 0.1) is 0 Å². The summed E-state index contributed by atoms with van der Waals surface area (Å²) in [5.41, 5.74) is 12.8. The van der Waals surface area contributed by atoms with Crippen LogP contribution in [0.15, 0.2) is 0 Å². The fraction of sp³-hybridized carbons (Fsp3) is 0. The van der Waals surface area contributed by atoms with Crippen molar-refractivity contribution in [1.82, 2.24) is 15.4 Å². The maximum Gasteiger partial charge on any atom is 0.411 e. The number of nitrogens with one attached hydrogen (secondary N) is 2. The first-order valence-electron chi connectivity index (χ1n) is 2.36. The van der Waals surface area contributed by atoms with Crippen LogP contribution in [0, 0.1) is 0 Å². The summed E-state index contributed by atoms with van der Waals surface area (Å²) >= 11 is 0. The van der Waals surface area contributed by atoms with Gasteiger partial charge in [0.1, 0.15) is 0 Å². The van der Waals surface area contributed by atoms with Gasteiger partial charge in [-0.05, 0) is 0 Å². The molecule has 0 spiro atoms. The molecule has 0 aromatic carbocycles. The van der Waals surface area contributed by atoms with E-state index in [-0.39, 0.29) is 11.2 Å². The molecule has 0 bridgehead atoms. The number of carbonyl (C=O) groups is 1. The highest BCUT2D eigenvalue weighted by Crippen LogP contribution is 1.73. The van der Waals surface area contributed by atoms with E-state index in [9.17, 15) is 4.79 Å². The molecule has 0 saturated heterocycles. The molecule has 4 N–H and O–H groups in total. The van der Waals surface area contributed by atoms with E-state index in [0.717, 1.165) is 0 Å². The summed E-state index contributed by atoms with van der Waals surface area (Å²) < 4.78 is 0. The van der Waals surface area contributed by atoms with Crippen LogP contribution in [0.25, 0.3) is 5.53 Å². The lowest BCUT2D eigenvalue weighted by Crippen LogP contribution is -2.22. The molecule has 7 nitrogen and oxygen atoms in total. The van der Waals surface area contributed by atoms with E-state index in [0.29, 0.717) is 0 Å². The molecule has 0 fully saturated rings. The van der Waals surface area contributed by atoms with E-state index in [1.54, 1.807) is 0 Å². The highest BCUT2D eigenvalue weighted by molar-refractivity contribution is 5.89. The summed E-state index contributed by atoms with van der Waals surface area (Å²) in [7, 11) is 0. The SMILES string of the molecule is [N-]=[N+]=c1[nH][nH]nc1C(N)=O. The number of carbonyl (C=O) groups excluding carboxylic acids is 1. The largest absolute Gasteiger partial charge is 0.497 e. The fourth-order valence-electron chi connectivity index (χ4n) is 0.493. The standard InChI is InChI=1S/C3H4N6O/c4-2(10)1-3(6-5)8-9-7-1/h8-9H,(H2,4,10). The van der Waals surface area contributed by atoms with Crippen molar-refractivity contribution >= 4 is 5.91 Å². The molecule has 1 rings (SSSR count). The number of rotatable bonds is 1. The van der Waals surface area contributed by atoms with Crippen LogP contribution in [0.4, 0.5) is 0 Å². The highest BCUT2D eigenvalue weighted by atomic mass is 16.1. The van der Waals surface area contributed by atoms with E-state index < -0.39 is 5.91 Å². The van der Waals surface area contributed by atoms with Crippen LogP contribution in [0.1, 0.15) is 10.5 Å². The first-order chi connectivity index (χ1) is 4.75. The number of hydrogen-bond acceptors (Lipinski definition) is 2. The molecule has 0 atom stereocenters. The number of H-pyrrole nitrogens is 2. The Balaban J connectivity index is 3.42. The monoisotopic (exact) mass is 140 g/mol. The second kappa shape index (κ2) is 2.16. The van der Waals surface area contributed by atoms with Crippen molar-refractivity contribution in [3.8, 4) is 0 Å². The average molecular weight is 140 g/mol. The van der Waals surface area contributed by atoms with Gasteiger partial charge in [-0.15, -0.1) is 15.4 Å². The van der Waals surface area contributed by atoms with Gasteiger partial charge in [-0.1, -0.05) is 0 Å². The van der Waals surface area contributed by atoms with Crippen LogP contribution in [-0.2, 0) is 0 Å². The van der Waals surface area contributed by atoms with Crippen molar-refractivity contribution in [3.63, 3.8) is 0 Å². The minimum absolute atomic E-state index is 0.0764. The van der Waals surface area contributed by atoms with Crippen molar-refractivity contribution in [1.29, 1.82) is 0 Å². The van der Waals surface area contributed by atoms with Gasteiger partial charge in [-0.3, -0.25) is 4.79 Å². The lowest BCUT2D eigenvalue weighted by Gasteiger charge is -1.75. The number of nitrogens with two attached hydrogens (primary N) is 1. The van der Waals surface area contributed by atoms with Crippen LogP contribution in [0.3, 0.4) is 0 Å². The van der Waals surface area contributed by atoms with Crippen LogP contribution < -0.4 is 11.2 Å². The Kier molecular flexibility index (Phi) is 1.35. The lowest BCUT2D eigenvalue weighted by atomic mass is 10.4. The Morgan fingerprint density at radius 2 is 2.50 bits per heavy atom. The first-order valence-corrected chi connectivity index (χ1v) is 2.36. The molecular weight excluding hydrogens is 136 g/mol. The Hall–Kier alpha value is -1.88. The van der Waals surface area contributed by atoms with Crippen molar-refractivity contribution in [3.05, 3.63) is 16.7 Å². The third-order valence-electron chi connectivity index (χ3n) is 0.900. The molecule has 0 unspecified atom stereocenters. The summed E-state index contributed by atoms with van der Waals surface area (Å²) in [6.07, 6.45) is 0. The molecule has 52 valence electrons. The third-order valence-corrected chi connectivity index (χ3v) is 0.900.